The van der Waals surface area contributed by atoms with Gasteiger partial charge in [-0.2, -0.15) is 0 Å². The summed E-state index contributed by atoms with van der Waals surface area (Å²) >= 11 is 0. The molecule has 28 heavy (non-hydrogen) atoms. The molecule has 0 unspecified atom stereocenters. The van der Waals surface area contributed by atoms with Crippen molar-refractivity contribution in [3.63, 3.8) is 0 Å². The van der Waals surface area contributed by atoms with Gasteiger partial charge in [-0.3, -0.25) is 4.99 Å². The fourth-order valence-corrected chi connectivity index (χ4v) is 2.68. The van der Waals surface area contributed by atoms with Gasteiger partial charge in [0, 0.05) is 12.3 Å². The number of aliphatic imine (C=N–C) groups is 1. The topological polar surface area (TPSA) is 30.8 Å². The van der Waals surface area contributed by atoms with Crippen molar-refractivity contribution in [2.24, 2.45) is 4.99 Å². The van der Waals surface area contributed by atoms with Gasteiger partial charge < -0.3 is 9.47 Å². The Kier molecular flexibility index (Phi) is 5.45. The summed E-state index contributed by atoms with van der Waals surface area (Å²) in [6, 6.07) is 35.0. The molecule has 4 rings (SSSR count). The second kappa shape index (κ2) is 8.69. The predicted octanol–water partition coefficient (Wildman–Crippen LogP) is 7.02. The van der Waals surface area contributed by atoms with Crippen LogP contribution in [-0.2, 0) is 0 Å². The van der Waals surface area contributed by atoms with Crippen LogP contribution < -0.4 is 9.47 Å². The minimum atomic E-state index is 0.752. The van der Waals surface area contributed by atoms with Crippen LogP contribution in [0, 0.1) is 0 Å². The molecule has 0 spiro atoms. The second-order valence-corrected chi connectivity index (χ2v) is 6.16. The minimum absolute atomic E-state index is 0.752. The fourth-order valence-electron chi connectivity index (χ4n) is 2.68. The van der Waals surface area contributed by atoms with Gasteiger partial charge in [0.15, 0.2) is 0 Å². The summed E-state index contributed by atoms with van der Waals surface area (Å²) in [4.78, 5) is 4.57. The molecule has 0 saturated heterocycles. The van der Waals surface area contributed by atoms with Crippen molar-refractivity contribution in [1.82, 2.24) is 0 Å². The molecular formula is C25H19NO2. The Morgan fingerprint density at radius 2 is 1.04 bits per heavy atom. The lowest BCUT2D eigenvalue weighted by Gasteiger charge is -2.06. The van der Waals surface area contributed by atoms with Crippen LogP contribution in [0.1, 0.15) is 5.56 Å². The molecule has 0 N–H and O–H groups in total. The lowest BCUT2D eigenvalue weighted by Crippen LogP contribution is -1.86. The smallest absolute Gasteiger partial charge is 0.129 e. The molecule has 0 radical (unpaired) electrons. The number of benzene rings is 4. The van der Waals surface area contributed by atoms with E-state index in [-0.39, 0.29) is 0 Å². The highest BCUT2D eigenvalue weighted by Crippen LogP contribution is 2.26. The van der Waals surface area contributed by atoms with Crippen molar-refractivity contribution in [2.45, 2.75) is 0 Å². The largest absolute Gasteiger partial charge is 0.457 e. The molecule has 0 saturated carbocycles. The van der Waals surface area contributed by atoms with Crippen molar-refractivity contribution in [3.05, 3.63) is 115 Å². The van der Waals surface area contributed by atoms with Crippen LogP contribution >= 0.6 is 0 Å². The van der Waals surface area contributed by atoms with Crippen LogP contribution in [0.4, 0.5) is 5.69 Å². The Morgan fingerprint density at radius 3 is 1.68 bits per heavy atom. The predicted molar refractivity (Wildman–Crippen MR) is 113 cm³/mol. The molecule has 0 amide bonds. The van der Waals surface area contributed by atoms with Crippen LogP contribution in [0.25, 0.3) is 0 Å². The highest BCUT2D eigenvalue weighted by molar-refractivity contribution is 5.82. The number of hydrogen-bond acceptors (Lipinski definition) is 3. The van der Waals surface area contributed by atoms with E-state index in [1.807, 2.05) is 115 Å². The van der Waals surface area contributed by atoms with Crippen molar-refractivity contribution in [1.29, 1.82) is 0 Å². The molecule has 0 aliphatic rings. The van der Waals surface area contributed by atoms with Gasteiger partial charge in [0.05, 0.1) is 5.69 Å². The summed E-state index contributed by atoms with van der Waals surface area (Å²) in [6.07, 6.45) is 1.82. The van der Waals surface area contributed by atoms with Gasteiger partial charge in [-0.25, -0.2) is 0 Å². The maximum absolute atomic E-state index is 5.87. The van der Waals surface area contributed by atoms with E-state index in [0.717, 1.165) is 34.2 Å². The first-order chi connectivity index (χ1) is 13.8. The highest BCUT2D eigenvalue weighted by atomic mass is 16.5. The van der Waals surface area contributed by atoms with Gasteiger partial charge >= 0.3 is 0 Å². The van der Waals surface area contributed by atoms with Crippen LogP contribution in [-0.4, -0.2) is 6.21 Å². The zero-order valence-electron chi connectivity index (χ0n) is 15.2. The molecule has 3 heteroatoms. The third-order valence-electron chi connectivity index (χ3n) is 4.00. The van der Waals surface area contributed by atoms with E-state index in [4.69, 9.17) is 9.47 Å². The zero-order valence-corrected chi connectivity index (χ0v) is 15.2. The number of hydrogen-bond donors (Lipinski definition) is 0. The van der Waals surface area contributed by atoms with Crippen LogP contribution in [0.5, 0.6) is 23.0 Å². The van der Waals surface area contributed by atoms with Crippen molar-refractivity contribution in [3.8, 4) is 23.0 Å². The molecule has 4 aromatic rings. The molecule has 0 bridgehead atoms. The van der Waals surface area contributed by atoms with Gasteiger partial charge in [0.25, 0.3) is 0 Å². The SMILES string of the molecule is C(=Nc1cccc(Oc2ccccc2)c1)c1cccc(Oc2ccccc2)c1. The Balaban J connectivity index is 1.47. The fraction of sp³-hybridized carbons (Fsp3) is 0. The summed E-state index contributed by atoms with van der Waals surface area (Å²) in [5, 5.41) is 0. The first-order valence-electron chi connectivity index (χ1n) is 9.05. The Hall–Kier alpha value is -3.85. The second-order valence-electron chi connectivity index (χ2n) is 6.16. The van der Waals surface area contributed by atoms with Gasteiger partial charge in [-0.15, -0.1) is 0 Å². The van der Waals surface area contributed by atoms with Gasteiger partial charge in [-0.1, -0.05) is 54.6 Å². The number of nitrogens with zero attached hydrogens (tertiary/aromatic N) is 1. The molecular weight excluding hydrogens is 346 g/mol. The zero-order chi connectivity index (χ0) is 19.0. The van der Waals surface area contributed by atoms with Crippen molar-refractivity contribution in [2.75, 3.05) is 0 Å². The quantitative estimate of drug-likeness (QED) is 0.344. The van der Waals surface area contributed by atoms with Gasteiger partial charge in [0.2, 0.25) is 0 Å². The third-order valence-corrected chi connectivity index (χ3v) is 4.00. The van der Waals surface area contributed by atoms with E-state index >= 15 is 0 Å². The summed E-state index contributed by atoms with van der Waals surface area (Å²) < 4.78 is 11.7. The van der Waals surface area contributed by atoms with E-state index in [0.29, 0.717) is 0 Å². The number of rotatable bonds is 6. The van der Waals surface area contributed by atoms with Crippen molar-refractivity contribution >= 4 is 11.9 Å². The molecule has 4 aromatic carbocycles. The molecule has 136 valence electrons. The first-order valence-corrected chi connectivity index (χ1v) is 9.05. The molecule has 0 aromatic heterocycles. The highest BCUT2D eigenvalue weighted by Gasteiger charge is 1.99. The Bertz CT molecular complexity index is 973. The van der Waals surface area contributed by atoms with Crippen molar-refractivity contribution < 1.29 is 9.47 Å². The summed E-state index contributed by atoms with van der Waals surface area (Å²) in [7, 11) is 0. The van der Waals surface area contributed by atoms with E-state index in [1.165, 1.54) is 0 Å². The molecule has 3 nitrogen and oxygen atoms in total. The van der Waals surface area contributed by atoms with E-state index in [1.54, 1.807) is 0 Å². The first kappa shape index (κ1) is 17.6. The average Bonchev–Trinajstić information content (AvgIpc) is 2.74. The third kappa shape index (κ3) is 4.86. The molecule has 0 heterocycles. The van der Waals surface area contributed by atoms with Gasteiger partial charge in [-0.05, 0) is 54.1 Å². The minimum Gasteiger partial charge on any atom is -0.457 e. The molecule has 0 aliphatic carbocycles. The lowest BCUT2D eigenvalue weighted by molar-refractivity contribution is 0.482. The van der Waals surface area contributed by atoms with E-state index in [2.05, 4.69) is 4.99 Å². The summed E-state index contributed by atoms with van der Waals surface area (Å²) in [5.74, 6) is 3.13. The molecule has 0 atom stereocenters. The van der Waals surface area contributed by atoms with Crippen LogP contribution in [0.15, 0.2) is 114 Å². The van der Waals surface area contributed by atoms with E-state index in [9.17, 15) is 0 Å². The molecule has 0 fully saturated rings. The Labute approximate surface area is 164 Å². The average molecular weight is 365 g/mol. The summed E-state index contributed by atoms with van der Waals surface area (Å²) in [6.45, 7) is 0. The standard InChI is InChI=1S/C25H19NO2/c1-3-11-22(12-4-1)27-24-15-7-9-20(17-24)19-26-21-10-8-16-25(18-21)28-23-13-5-2-6-14-23/h1-19H. The number of para-hydroxylation sites is 2. The Morgan fingerprint density at radius 1 is 0.500 bits per heavy atom. The maximum Gasteiger partial charge on any atom is 0.129 e. The van der Waals surface area contributed by atoms with E-state index < -0.39 is 0 Å². The maximum atomic E-state index is 5.87. The normalized spacial score (nSPS) is 10.7. The van der Waals surface area contributed by atoms with Crippen LogP contribution in [0.3, 0.4) is 0 Å². The number of ether oxygens (including phenoxy) is 2. The molecule has 0 aliphatic heterocycles. The van der Waals surface area contributed by atoms with Crippen LogP contribution in [0.2, 0.25) is 0 Å². The summed E-state index contributed by atoms with van der Waals surface area (Å²) in [5.41, 5.74) is 1.78. The monoisotopic (exact) mass is 365 g/mol. The lowest BCUT2D eigenvalue weighted by atomic mass is 10.2. The van der Waals surface area contributed by atoms with Gasteiger partial charge in [0.1, 0.15) is 23.0 Å².